The second kappa shape index (κ2) is 8.32. The van der Waals surface area contributed by atoms with Gasteiger partial charge in [-0.25, -0.2) is 0 Å². The normalized spacial score (nSPS) is 45.1. The molecule has 1 N–H and O–H groups in total. The van der Waals surface area contributed by atoms with Crippen LogP contribution in [-0.4, -0.2) is 34.6 Å². The molecule has 1 heterocycles. The Balaban J connectivity index is 1.49. The molecule has 8 atom stereocenters. The van der Waals surface area contributed by atoms with Crippen LogP contribution in [0.2, 0.25) is 0 Å². The molecule has 0 aromatic carbocycles. The minimum Gasteiger partial charge on any atom is -0.481 e. The van der Waals surface area contributed by atoms with Gasteiger partial charge < -0.3 is 14.4 Å². The highest BCUT2D eigenvalue weighted by molar-refractivity contribution is 5.96. The van der Waals surface area contributed by atoms with Crippen molar-refractivity contribution in [3.05, 3.63) is 29.2 Å². The van der Waals surface area contributed by atoms with Gasteiger partial charge in [-0.05, 0) is 97.9 Å². The summed E-state index contributed by atoms with van der Waals surface area (Å²) >= 11 is 0. The number of carbonyl (C=O) groups excluding carboxylic acids is 2. The van der Waals surface area contributed by atoms with Crippen molar-refractivity contribution in [1.29, 1.82) is 0 Å². The molecule has 0 aliphatic heterocycles. The molecule has 7 heteroatoms. The summed E-state index contributed by atoms with van der Waals surface area (Å²) in [6.07, 6.45) is 9.93. The van der Waals surface area contributed by atoms with E-state index in [1.54, 1.807) is 6.20 Å². The number of carboxylic acids is 1. The molecule has 0 saturated heterocycles. The van der Waals surface area contributed by atoms with E-state index in [1.165, 1.54) is 12.5 Å². The maximum absolute atomic E-state index is 14.5. The summed E-state index contributed by atoms with van der Waals surface area (Å²) in [4.78, 5) is 39.3. The summed E-state index contributed by atoms with van der Waals surface area (Å²) in [6.45, 7) is 15.2. The van der Waals surface area contributed by atoms with Gasteiger partial charge in [-0.3, -0.25) is 14.4 Å². The van der Waals surface area contributed by atoms with E-state index in [0.717, 1.165) is 49.8 Å². The van der Waals surface area contributed by atoms with Crippen LogP contribution in [0.15, 0.2) is 22.4 Å². The lowest BCUT2D eigenvalue weighted by atomic mass is 9.34. The molecular formula is C33H45NO6. The molecule has 0 radical (unpaired) electrons. The highest BCUT2D eigenvalue weighted by atomic mass is 16.5. The van der Waals surface area contributed by atoms with Crippen molar-refractivity contribution in [2.75, 3.05) is 6.61 Å². The molecule has 0 amide bonds. The Bertz CT molecular complexity index is 1330. The summed E-state index contributed by atoms with van der Waals surface area (Å²) in [6, 6.07) is 0. The summed E-state index contributed by atoms with van der Waals surface area (Å²) in [5.41, 5.74) is -0.0878. The molecule has 3 saturated carbocycles. The topological polar surface area (TPSA) is 107 Å². The smallest absolute Gasteiger partial charge is 0.309 e. The van der Waals surface area contributed by atoms with E-state index in [1.807, 2.05) is 6.08 Å². The maximum atomic E-state index is 14.5. The average molecular weight is 552 g/mol. The Hall–Kier alpha value is -2.44. The van der Waals surface area contributed by atoms with Crippen LogP contribution in [-0.2, 0) is 31.0 Å². The molecule has 40 heavy (non-hydrogen) atoms. The fourth-order valence-electron chi connectivity index (χ4n) is 10.9. The molecule has 5 aliphatic rings. The van der Waals surface area contributed by atoms with Crippen molar-refractivity contribution in [3.8, 4) is 0 Å². The van der Waals surface area contributed by atoms with E-state index >= 15 is 0 Å². The lowest BCUT2D eigenvalue weighted by molar-refractivity contribution is -0.189. The lowest BCUT2D eigenvalue weighted by Crippen LogP contribution is -2.66. The minimum atomic E-state index is -0.817. The zero-order valence-corrected chi connectivity index (χ0v) is 25.2. The largest absolute Gasteiger partial charge is 0.481 e. The van der Waals surface area contributed by atoms with Crippen LogP contribution in [0.4, 0.5) is 0 Å². The van der Waals surface area contributed by atoms with Crippen molar-refractivity contribution < 1.29 is 28.8 Å². The number of allylic oxidation sites excluding steroid dienone is 2. The van der Waals surface area contributed by atoms with Crippen LogP contribution in [0.5, 0.6) is 0 Å². The Morgan fingerprint density at radius 2 is 1.77 bits per heavy atom. The number of ether oxygens (including phenoxy) is 1. The van der Waals surface area contributed by atoms with E-state index in [0.29, 0.717) is 12.8 Å². The second-order valence-electron chi connectivity index (χ2n) is 15.7. The number of ketones is 1. The fourth-order valence-corrected chi connectivity index (χ4v) is 10.9. The zero-order chi connectivity index (χ0) is 29.1. The van der Waals surface area contributed by atoms with Crippen LogP contribution in [0.25, 0.3) is 0 Å². The number of rotatable bonds is 3. The molecule has 6 rings (SSSR count). The van der Waals surface area contributed by atoms with Gasteiger partial charge in [-0.15, -0.1) is 0 Å². The first-order chi connectivity index (χ1) is 18.5. The molecule has 3 fully saturated rings. The van der Waals surface area contributed by atoms with Gasteiger partial charge in [0.25, 0.3) is 0 Å². The van der Waals surface area contributed by atoms with E-state index in [2.05, 4.69) is 46.7 Å². The van der Waals surface area contributed by atoms with Gasteiger partial charge in [0.2, 0.25) is 0 Å². The van der Waals surface area contributed by atoms with Gasteiger partial charge >= 0.3 is 11.9 Å². The first-order valence-corrected chi connectivity index (χ1v) is 15.1. The van der Waals surface area contributed by atoms with E-state index in [9.17, 15) is 19.5 Å². The van der Waals surface area contributed by atoms with Gasteiger partial charge in [-0.2, -0.15) is 0 Å². The second-order valence-corrected chi connectivity index (χ2v) is 15.7. The number of hydrogen-bond donors (Lipinski definition) is 1. The summed E-state index contributed by atoms with van der Waals surface area (Å²) in [5, 5.41) is 14.7. The maximum Gasteiger partial charge on any atom is 0.309 e. The average Bonchev–Trinajstić information content (AvgIpc) is 3.32. The molecule has 5 aliphatic carbocycles. The summed E-state index contributed by atoms with van der Waals surface area (Å²) in [7, 11) is 0. The number of esters is 1. The highest BCUT2D eigenvalue weighted by Gasteiger charge is 2.71. The standard InChI is InChI=1S/C33H45NO6/c1-19(35)39-18-30(5)23-8-9-31(6)24(29(23,4)15-20-17-34-40-26(20)30)14-22(36)25-21-16-28(2,3)10-12-33(21,27(37)38)13-11-32(25,31)7/h14,17,21,23,25H,8-13,15-16,18H2,1-7H3,(H,37,38)/t21-,23?,25-,29-,30-,31+,32+,33-/m0/s1. The predicted molar refractivity (Wildman–Crippen MR) is 148 cm³/mol. The first-order valence-electron chi connectivity index (χ1n) is 15.1. The number of carboxylic acid groups (broad SMARTS) is 1. The van der Waals surface area contributed by atoms with Crippen LogP contribution in [0.3, 0.4) is 0 Å². The van der Waals surface area contributed by atoms with E-state index in [4.69, 9.17) is 9.26 Å². The van der Waals surface area contributed by atoms with Crippen molar-refractivity contribution in [2.45, 2.75) is 105 Å². The van der Waals surface area contributed by atoms with E-state index < -0.39 is 16.8 Å². The third-order valence-electron chi connectivity index (χ3n) is 13.2. The highest BCUT2D eigenvalue weighted by Crippen LogP contribution is 2.74. The molecule has 1 unspecified atom stereocenters. The van der Waals surface area contributed by atoms with Crippen LogP contribution in [0, 0.1) is 44.8 Å². The van der Waals surface area contributed by atoms with E-state index in [-0.39, 0.29) is 57.8 Å². The zero-order valence-electron chi connectivity index (χ0n) is 25.2. The molecule has 218 valence electrons. The molecule has 1 aromatic heterocycles. The number of aliphatic carboxylic acids is 1. The Labute approximate surface area is 237 Å². The van der Waals surface area contributed by atoms with Crippen molar-refractivity contribution >= 4 is 17.7 Å². The SMILES string of the molecule is CC(=O)OC[C@]1(C)c2oncc2C[C@]2(C)C3=CC(=O)[C@@H]4[C@@H]5CC(C)(C)CC[C@]5(C(=O)O)CC[C@@]4(C)[C@]3(C)CCC21. The number of hydrogen-bond acceptors (Lipinski definition) is 6. The van der Waals surface area contributed by atoms with Gasteiger partial charge in [-0.1, -0.05) is 45.3 Å². The summed E-state index contributed by atoms with van der Waals surface area (Å²) < 4.78 is 11.5. The van der Waals surface area contributed by atoms with Crippen LogP contribution in [0.1, 0.15) is 105 Å². The Kier molecular flexibility index (Phi) is 5.76. The van der Waals surface area contributed by atoms with Gasteiger partial charge in [0.15, 0.2) is 5.78 Å². The van der Waals surface area contributed by atoms with Crippen LogP contribution >= 0.6 is 0 Å². The molecular weight excluding hydrogens is 506 g/mol. The number of nitrogens with zero attached hydrogens (tertiary/aromatic N) is 1. The lowest BCUT2D eigenvalue weighted by Gasteiger charge is -2.69. The van der Waals surface area contributed by atoms with Crippen LogP contribution < -0.4 is 0 Å². The number of aromatic nitrogens is 1. The molecule has 0 spiro atoms. The Morgan fingerprint density at radius 1 is 1.07 bits per heavy atom. The third kappa shape index (κ3) is 3.35. The number of fused-ring (bicyclic) bond motifs is 8. The molecule has 0 bridgehead atoms. The third-order valence-corrected chi connectivity index (χ3v) is 13.2. The van der Waals surface area contributed by atoms with Crippen molar-refractivity contribution in [1.82, 2.24) is 5.16 Å². The van der Waals surface area contributed by atoms with Crippen molar-refractivity contribution in [3.63, 3.8) is 0 Å². The minimum absolute atomic E-state index is 0.0171. The predicted octanol–water partition coefficient (Wildman–Crippen LogP) is 6.30. The molecule has 7 nitrogen and oxygen atoms in total. The fraction of sp³-hybridized carbons (Fsp3) is 0.758. The van der Waals surface area contributed by atoms with Gasteiger partial charge in [0.05, 0.1) is 17.0 Å². The van der Waals surface area contributed by atoms with Crippen molar-refractivity contribution in [2.24, 2.45) is 44.8 Å². The summed E-state index contributed by atoms with van der Waals surface area (Å²) in [5.74, 6) is -0.493. The number of carbonyl (C=O) groups is 3. The van der Waals surface area contributed by atoms with Gasteiger partial charge in [0.1, 0.15) is 12.4 Å². The Morgan fingerprint density at radius 3 is 2.45 bits per heavy atom. The van der Waals surface area contributed by atoms with Gasteiger partial charge in [0, 0.05) is 18.4 Å². The molecule has 1 aromatic rings. The monoisotopic (exact) mass is 551 g/mol. The quantitative estimate of drug-likeness (QED) is 0.440. The first kappa shape index (κ1) is 27.7.